The summed E-state index contributed by atoms with van der Waals surface area (Å²) in [6.07, 6.45) is 2.94. The Kier molecular flexibility index (Phi) is 18.7. The minimum absolute atomic E-state index is 0.0420. The van der Waals surface area contributed by atoms with Crippen LogP contribution in [-0.4, -0.2) is 66.8 Å². The van der Waals surface area contributed by atoms with Gasteiger partial charge >= 0.3 is 11.9 Å². The van der Waals surface area contributed by atoms with Crippen LogP contribution in [-0.2, 0) is 57.7 Å². The van der Waals surface area contributed by atoms with Crippen molar-refractivity contribution < 1.29 is 39.6 Å². The second-order valence-corrected chi connectivity index (χ2v) is 19.5. The highest BCUT2D eigenvalue weighted by Crippen LogP contribution is 2.40. The molecule has 0 aliphatic heterocycles. The molecule has 6 aromatic rings. The van der Waals surface area contributed by atoms with Gasteiger partial charge in [-0.05, 0) is 96.2 Å². The number of phenolic OH excluding ortho intramolecular Hbond substituents is 2. The van der Waals surface area contributed by atoms with Crippen molar-refractivity contribution in [3.05, 3.63) is 203 Å². The second kappa shape index (κ2) is 25.3. The summed E-state index contributed by atoms with van der Waals surface area (Å²) in [4.78, 5) is 54.0. The lowest BCUT2D eigenvalue weighted by Crippen LogP contribution is -2.46. The molecular weight excluding hydrogens is 869 g/mol. The number of carboxylic acids is 2. The zero-order valence-electron chi connectivity index (χ0n) is 36.5. The molecule has 0 radical (unpaired) electrons. The van der Waals surface area contributed by atoms with Gasteiger partial charge in [0.2, 0.25) is 11.8 Å². The molecule has 66 heavy (non-hydrogen) atoms. The van der Waals surface area contributed by atoms with Gasteiger partial charge in [0, 0.05) is 35.2 Å². The van der Waals surface area contributed by atoms with Gasteiger partial charge in [-0.2, -0.15) is 0 Å². The van der Waals surface area contributed by atoms with Crippen LogP contribution in [0.1, 0.15) is 46.2 Å². The molecule has 0 saturated heterocycles. The lowest BCUT2D eigenvalue weighted by molar-refractivity contribution is -0.142. The van der Waals surface area contributed by atoms with Gasteiger partial charge in [-0.1, -0.05) is 167 Å². The van der Waals surface area contributed by atoms with E-state index in [1.807, 2.05) is 97.1 Å². The van der Waals surface area contributed by atoms with E-state index in [1.54, 1.807) is 45.9 Å². The quantitative estimate of drug-likeness (QED) is 0.0304. The summed E-state index contributed by atoms with van der Waals surface area (Å²) in [5.74, 6) is -4.12. The van der Waals surface area contributed by atoms with Crippen LogP contribution in [0.15, 0.2) is 170 Å². The van der Waals surface area contributed by atoms with E-state index < -0.39 is 35.9 Å². The molecule has 0 heterocycles. The van der Waals surface area contributed by atoms with Crippen molar-refractivity contribution in [1.29, 1.82) is 0 Å². The number of amides is 2. The molecule has 0 bridgehead atoms. The highest BCUT2D eigenvalue weighted by Gasteiger charge is 2.32. The molecule has 6 N–H and O–H groups in total. The van der Waals surface area contributed by atoms with Crippen molar-refractivity contribution in [2.45, 2.75) is 74.0 Å². The van der Waals surface area contributed by atoms with Gasteiger partial charge in [-0.25, -0.2) is 9.59 Å². The summed E-state index contributed by atoms with van der Waals surface area (Å²) in [6.45, 7) is 0. The van der Waals surface area contributed by atoms with Crippen LogP contribution in [0.2, 0.25) is 0 Å². The number of hydrogen-bond donors (Lipinski definition) is 6. The molecule has 6 aromatic carbocycles. The Morgan fingerprint density at radius 1 is 0.379 bits per heavy atom. The summed E-state index contributed by atoms with van der Waals surface area (Å²) < 4.78 is 0. The van der Waals surface area contributed by atoms with Crippen LogP contribution in [0.3, 0.4) is 0 Å². The molecular formula is C54H56N2O8S2. The van der Waals surface area contributed by atoms with Crippen LogP contribution >= 0.6 is 21.6 Å². The molecule has 4 unspecified atom stereocenters. The highest BCUT2D eigenvalue weighted by atomic mass is 33.1. The summed E-state index contributed by atoms with van der Waals surface area (Å²) in [5, 5.41) is 45.6. The third kappa shape index (κ3) is 16.2. The molecule has 0 saturated carbocycles. The van der Waals surface area contributed by atoms with Gasteiger partial charge in [-0.3, -0.25) is 9.59 Å². The standard InChI is InChI=1S/C54H56N2O8S2/c57-45-25-21-41(22-26-45)33-49(53(61)62)55-51(59)43(29-37-13-5-1-6-14-37)35-47(31-39-17-9-3-10-18-39)65-66-48(32-40-19-11-4-12-20-40)36-44(30-38-15-7-2-8-16-38)52(60)56-50(54(63)64)34-42-23-27-46(58)28-24-42/h1-28,43-44,47-50,57-58H,29-36H2,(H,55,59)(H,56,60)(H,61,62)(H,63,64)/t43?,44?,47?,48?,49-,50-/m0/s1. The van der Waals surface area contributed by atoms with Gasteiger partial charge < -0.3 is 31.1 Å². The van der Waals surface area contributed by atoms with Crippen LogP contribution < -0.4 is 10.6 Å². The average Bonchev–Trinajstić information content (AvgIpc) is 3.32. The van der Waals surface area contributed by atoms with E-state index in [1.165, 1.54) is 24.3 Å². The van der Waals surface area contributed by atoms with Crippen LogP contribution in [0.25, 0.3) is 0 Å². The van der Waals surface area contributed by atoms with Crippen LogP contribution in [0, 0.1) is 11.8 Å². The Bertz CT molecular complexity index is 2250. The molecule has 12 heteroatoms. The van der Waals surface area contributed by atoms with E-state index in [2.05, 4.69) is 34.9 Å². The Morgan fingerprint density at radius 2 is 0.652 bits per heavy atom. The van der Waals surface area contributed by atoms with Crippen LogP contribution in [0.5, 0.6) is 11.5 Å². The van der Waals surface area contributed by atoms with E-state index in [0.29, 0.717) is 49.7 Å². The molecule has 6 atom stereocenters. The lowest BCUT2D eigenvalue weighted by Gasteiger charge is -2.28. The Hall–Kier alpha value is -6.50. The number of aromatic hydroxyl groups is 2. The summed E-state index contributed by atoms with van der Waals surface area (Å²) in [7, 11) is 3.32. The van der Waals surface area contributed by atoms with Crippen molar-refractivity contribution >= 4 is 45.3 Å². The molecule has 0 aliphatic rings. The van der Waals surface area contributed by atoms with Crippen molar-refractivity contribution in [2.24, 2.45) is 11.8 Å². The highest BCUT2D eigenvalue weighted by molar-refractivity contribution is 8.77. The number of carboxylic acid groups (broad SMARTS) is 2. The maximum Gasteiger partial charge on any atom is 0.326 e. The Morgan fingerprint density at radius 3 is 0.939 bits per heavy atom. The lowest BCUT2D eigenvalue weighted by atomic mass is 9.91. The van der Waals surface area contributed by atoms with Crippen molar-refractivity contribution in [2.75, 3.05) is 0 Å². The monoisotopic (exact) mass is 924 g/mol. The Balaban J connectivity index is 1.27. The third-order valence-corrected chi connectivity index (χ3v) is 14.7. The van der Waals surface area contributed by atoms with E-state index in [0.717, 1.165) is 22.3 Å². The topological polar surface area (TPSA) is 173 Å². The number of benzene rings is 6. The predicted octanol–water partition coefficient (Wildman–Crippen LogP) is 9.12. The molecule has 0 spiro atoms. The number of carbonyl (C=O) groups is 4. The maximum absolute atomic E-state index is 14.4. The molecule has 0 aromatic heterocycles. The van der Waals surface area contributed by atoms with E-state index in [9.17, 15) is 39.6 Å². The SMILES string of the molecule is O=C(N[C@@H](Cc1ccc(O)cc1)C(=O)O)C(Cc1ccccc1)CC(Cc1ccccc1)SSC(Cc1ccccc1)CC(Cc1ccccc1)C(=O)N[C@@H](Cc1ccc(O)cc1)C(=O)O. The first kappa shape index (κ1) is 48.9. The number of nitrogens with one attached hydrogen (secondary N) is 2. The molecule has 342 valence electrons. The predicted molar refractivity (Wildman–Crippen MR) is 262 cm³/mol. The van der Waals surface area contributed by atoms with E-state index in [4.69, 9.17) is 0 Å². The second-order valence-electron chi connectivity index (χ2n) is 16.6. The first-order valence-corrected chi connectivity index (χ1v) is 24.3. The minimum Gasteiger partial charge on any atom is -0.508 e. The Labute approximate surface area is 394 Å². The number of phenols is 2. The van der Waals surface area contributed by atoms with Gasteiger partial charge in [0.15, 0.2) is 0 Å². The fraction of sp³-hybridized carbons (Fsp3) is 0.259. The minimum atomic E-state index is -1.19. The average molecular weight is 925 g/mol. The zero-order chi connectivity index (χ0) is 46.7. The number of carbonyl (C=O) groups excluding carboxylic acids is 2. The van der Waals surface area contributed by atoms with Crippen molar-refractivity contribution in [1.82, 2.24) is 10.6 Å². The molecule has 10 nitrogen and oxygen atoms in total. The number of hydrogen-bond acceptors (Lipinski definition) is 8. The first-order valence-electron chi connectivity index (χ1n) is 22.1. The smallest absolute Gasteiger partial charge is 0.326 e. The molecule has 0 aliphatic carbocycles. The fourth-order valence-corrected chi connectivity index (χ4v) is 11.2. The zero-order valence-corrected chi connectivity index (χ0v) is 38.2. The molecule has 0 fully saturated rings. The van der Waals surface area contributed by atoms with Gasteiger partial charge in [0.25, 0.3) is 0 Å². The summed E-state index contributed by atoms with van der Waals surface area (Å²) in [5.41, 5.74) is 5.38. The fourth-order valence-electron chi connectivity index (χ4n) is 7.94. The van der Waals surface area contributed by atoms with Crippen LogP contribution in [0.4, 0.5) is 0 Å². The van der Waals surface area contributed by atoms with Crippen molar-refractivity contribution in [3.63, 3.8) is 0 Å². The molecule has 6 rings (SSSR count). The number of aliphatic carboxylic acids is 2. The van der Waals surface area contributed by atoms with Crippen molar-refractivity contribution in [3.8, 4) is 11.5 Å². The number of rotatable bonds is 25. The normalized spacial score (nSPS) is 13.9. The summed E-state index contributed by atoms with van der Waals surface area (Å²) >= 11 is 0. The third-order valence-electron chi connectivity index (χ3n) is 11.4. The van der Waals surface area contributed by atoms with Gasteiger partial charge in [0.05, 0.1) is 0 Å². The van der Waals surface area contributed by atoms with E-state index >= 15 is 0 Å². The van der Waals surface area contributed by atoms with Gasteiger partial charge in [-0.15, -0.1) is 0 Å². The summed E-state index contributed by atoms with van der Waals surface area (Å²) in [6, 6.07) is 49.6. The van der Waals surface area contributed by atoms with E-state index in [-0.39, 0.29) is 46.7 Å². The van der Waals surface area contributed by atoms with Gasteiger partial charge in [0.1, 0.15) is 23.6 Å². The molecule has 2 amide bonds. The first-order chi connectivity index (χ1) is 32.0. The largest absolute Gasteiger partial charge is 0.508 e. The maximum atomic E-state index is 14.4.